The van der Waals surface area contributed by atoms with Crippen LogP contribution in [0.2, 0.25) is 0 Å². The summed E-state index contributed by atoms with van der Waals surface area (Å²) in [5.74, 6) is -1.42. The summed E-state index contributed by atoms with van der Waals surface area (Å²) in [5.41, 5.74) is 4.49. The van der Waals surface area contributed by atoms with Gasteiger partial charge in [-0.1, -0.05) is 48.5 Å². The molecule has 2 amide bonds. The normalized spacial score (nSPS) is 18.5. The first kappa shape index (κ1) is 22.6. The quantitative estimate of drug-likeness (QED) is 0.409. The lowest BCUT2D eigenvalue weighted by Gasteiger charge is -2.13. The Kier molecular flexibility index (Phi) is 6.17. The van der Waals surface area contributed by atoms with Crippen molar-refractivity contribution in [3.8, 4) is 11.1 Å². The molecule has 5 rings (SSSR count). The summed E-state index contributed by atoms with van der Waals surface area (Å²) in [6.07, 6.45) is 1.45. The number of hydrogen-bond acceptors (Lipinski definition) is 6. The maximum atomic E-state index is 12.5. The van der Waals surface area contributed by atoms with E-state index >= 15 is 0 Å². The summed E-state index contributed by atoms with van der Waals surface area (Å²) in [7, 11) is 0. The topological polar surface area (TPSA) is 146 Å². The molecule has 0 radical (unpaired) electrons. The van der Waals surface area contributed by atoms with Crippen LogP contribution in [0.5, 0.6) is 0 Å². The Balaban J connectivity index is 1.15. The highest BCUT2D eigenvalue weighted by Crippen LogP contribution is 2.44. The highest BCUT2D eigenvalue weighted by atomic mass is 16.5. The molecule has 3 aromatic rings. The predicted molar refractivity (Wildman–Crippen MR) is 126 cm³/mol. The van der Waals surface area contributed by atoms with Crippen LogP contribution in [0.15, 0.2) is 48.5 Å². The van der Waals surface area contributed by atoms with Crippen molar-refractivity contribution in [2.24, 2.45) is 5.92 Å². The SMILES string of the molecule is O=C(O)C[C@@H]1CC[C@H](NC(=O)c2nc(NC(=O)OCC3c4ccccc4-c4ccccc43)n[nH]2)C1. The number of carboxylic acids is 1. The molecule has 1 heterocycles. The predicted octanol–water partition coefficient (Wildman–Crippen LogP) is 3.54. The van der Waals surface area contributed by atoms with E-state index in [0.29, 0.717) is 12.8 Å². The molecule has 0 aliphatic heterocycles. The average molecular weight is 476 g/mol. The minimum atomic E-state index is -0.832. The number of H-pyrrole nitrogens is 1. The molecule has 2 aromatic carbocycles. The Labute approximate surface area is 201 Å². The molecule has 35 heavy (non-hydrogen) atoms. The van der Waals surface area contributed by atoms with E-state index in [-0.39, 0.29) is 42.7 Å². The molecule has 180 valence electrons. The Morgan fingerprint density at radius 1 is 1.03 bits per heavy atom. The van der Waals surface area contributed by atoms with Crippen molar-refractivity contribution in [1.29, 1.82) is 0 Å². The minimum Gasteiger partial charge on any atom is -0.481 e. The number of rotatable bonds is 7. The van der Waals surface area contributed by atoms with Gasteiger partial charge in [0, 0.05) is 18.4 Å². The molecular weight excluding hydrogens is 450 g/mol. The van der Waals surface area contributed by atoms with E-state index in [1.54, 1.807) is 0 Å². The molecule has 10 nitrogen and oxygen atoms in total. The van der Waals surface area contributed by atoms with Crippen molar-refractivity contribution in [1.82, 2.24) is 20.5 Å². The zero-order chi connectivity index (χ0) is 24.4. The number of hydrogen-bond donors (Lipinski definition) is 4. The van der Waals surface area contributed by atoms with Gasteiger partial charge in [0.1, 0.15) is 6.61 Å². The third kappa shape index (κ3) is 4.86. The van der Waals surface area contributed by atoms with Gasteiger partial charge in [0.15, 0.2) is 0 Å². The van der Waals surface area contributed by atoms with Crippen LogP contribution >= 0.6 is 0 Å². The lowest BCUT2D eigenvalue weighted by molar-refractivity contribution is -0.138. The van der Waals surface area contributed by atoms with Gasteiger partial charge in [-0.15, -0.1) is 5.10 Å². The number of nitrogens with one attached hydrogen (secondary N) is 3. The summed E-state index contributed by atoms with van der Waals surface area (Å²) < 4.78 is 5.47. The second kappa shape index (κ2) is 9.57. The van der Waals surface area contributed by atoms with E-state index in [2.05, 4.69) is 37.9 Å². The molecule has 1 saturated carbocycles. The van der Waals surface area contributed by atoms with Gasteiger partial charge >= 0.3 is 12.1 Å². The number of fused-ring (bicyclic) bond motifs is 3. The second-order valence-corrected chi connectivity index (χ2v) is 8.91. The molecule has 0 unspecified atom stereocenters. The Morgan fingerprint density at radius 2 is 1.71 bits per heavy atom. The van der Waals surface area contributed by atoms with Crippen molar-refractivity contribution in [2.45, 2.75) is 37.6 Å². The number of carboxylic acid groups (broad SMARTS) is 1. The third-order valence-corrected chi connectivity index (χ3v) is 6.60. The molecule has 1 aromatic heterocycles. The number of ether oxygens (including phenoxy) is 1. The molecule has 4 N–H and O–H groups in total. The number of aliphatic carboxylic acids is 1. The third-order valence-electron chi connectivity index (χ3n) is 6.60. The summed E-state index contributed by atoms with van der Waals surface area (Å²) in [4.78, 5) is 39.8. The van der Waals surface area contributed by atoms with E-state index in [4.69, 9.17) is 9.84 Å². The van der Waals surface area contributed by atoms with Crippen molar-refractivity contribution in [3.63, 3.8) is 0 Å². The number of amides is 2. The summed E-state index contributed by atoms with van der Waals surface area (Å²) >= 11 is 0. The first-order valence-electron chi connectivity index (χ1n) is 11.5. The lowest BCUT2D eigenvalue weighted by Crippen LogP contribution is -2.33. The number of aromatic amines is 1. The van der Waals surface area contributed by atoms with Gasteiger partial charge in [-0.2, -0.15) is 4.98 Å². The Hall–Kier alpha value is -4.21. The largest absolute Gasteiger partial charge is 0.481 e. The van der Waals surface area contributed by atoms with Gasteiger partial charge in [-0.3, -0.25) is 20.0 Å². The first-order valence-corrected chi connectivity index (χ1v) is 11.5. The molecule has 1 fully saturated rings. The van der Waals surface area contributed by atoms with Crippen LogP contribution in [-0.2, 0) is 9.53 Å². The number of anilines is 1. The molecule has 2 aliphatic carbocycles. The molecule has 2 atom stereocenters. The number of carbonyl (C=O) groups is 3. The average Bonchev–Trinajstić information content (AvgIpc) is 3.55. The zero-order valence-corrected chi connectivity index (χ0v) is 18.9. The molecule has 0 saturated heterocycles. The fraction of sp³-hybridized carbons (Fsp3) is 0.320. The van der Waals surface area contributed by atoms with Gasteiger partial charge in [0.2, 0.25) is 5.82 Å². The smallest absolute Gasteiger partial charge is 0.414 e. The zero-order valence-electron chi connectivity index (χ0n) is 18.9. The summed E-state index contributed by atoms with van der Waals surface area (Å²) in [6, 6.07) is 16.0. The number of benzene rings is 2. The van der Waals surface area contributed by atoms with Crippen molar-refractivity contribution >= 4 is 23.9 Å². The van der Waals surface area contributed by atoms with Gasteiger partial charge in [0.25, 0.3) is 11.9 Å². The van der Waals surface area contributed by atoms with Gasteiger partial charge < -0.3 is 15.2 Å². The van der Waals surface area contributed by atoms with Crippen LogP contribution in [0.4, 0.5) is 10.7 Å². The minimum absolute atomic E-state index is 0.0411. The summed E-state index contributed by atoms with van der Waals surface area (Å²) in [5, 5.41) is 20.6. The fourth-order valence-electron chi connectivity index (χ4n) is 5.04. The molecule has 2 aliphatic rings. The maximum Gasteiger partial charge on any atom is 0.414 e. The fourth-order valence-corrected chi connectivity index (χ4v) is 5.04. The monoisotopic (exact) mass is 475 g/mol. The molecule has 10 heteroatoms. The van der Waals surface area contributed by atoms with Crippen LogP contribution in [-0.4, -0.2) is 50.9 Å². The number of carbonyl (C=O) groups excluding carboxylic acids is 2. The highest BCUT2D eigenvalue weighted by molar-refractivity contribution is 5.91. The lowest BCUT2D eigenvalue weighted by atomic mass is 9.98. The van der Waals surface area contributed by atoms with Crippen molar-refractivity contribution in [2.75, 3.05) is 11.9 Å². The van der Waals surface area contributed by atoms with Gasteiger partial charge in [-0.25, -0.2) is 4.79 Å². The first-order chi connectivity index (χ1) is 17.0. The van der Waals surface area contributed by atoms with E-state index in [0.717, 1.165) is 28.7 Å². The van der Waals surface area contributed by atoms with Crippen LogP contribution in [0.1, 0.15) is 53.3 Å². The van der Waals surface area contributed by atoms with Gasteiger partial charge in [0.05, 0.1) is 0 Å². The highest BCUT2D eigenvalue weighted by Gasteiger charge is 2.30. The van der Waals surface area contributed by atoms with Crippen LogP contribution < -0.4 is 10.6 Å². The Bertz CT molecular complexity index is 1230. The number of nitrogens with zero attached hydrogens (tertiary/aromatic N) is 2. The van der Waals surface area contributed by atoms with Crippen LogP contribution in [0.3, 0.4) is 0 Å². The van der Waals surface area contributed by atoms with Crippen molar-refractivity contribution < 1.29 is 24.2 Å². The molecular formula is C25H25N5O5. The summed E-state index contributed by atoms with van der Waals surface area (Å²) in [6.45, 7) is 0.150. The molecule has 0 spiro atoms. The van der Waals surface area contributed by atoms with Crippen molar-refractivity contribution in [3.05, 3.63) is 65.5 Å². The van der Waals surface area contributed by atoms with E-state index < -0.39 is 18.0 Å². The van der Waals surface area contributed by atoms with Crippen LogP contribution in [0, 0.1) is 5.92 Å². The van der Waals surface area contributed by atoms with Gasteiger partial charge in [-0.05, 0) is 47.4 Å². The number of aromatic nitrogens is 3. The van der Waals surface area contributed by atoms with E-state index in [1.165, 1.54) is 0 Å². The second-order valence-electron chi connectivity index (χ2n) is 8.91. The molecule has 0 bridgehead atoms. The van der Waals surface area contributed by atoms with E-state index in [1.807, 2.05) is 36.4 Å². The van der Waals surface area contributed by atoms with E-state index in [9.17, 15) is 14.4 Å². The standard InChI is InChI=1S/C25H25N5O5/c31-21(32)12-14-9-10-15(11-14)26-23(33)22-27-24(30-29-22)28-25(34)35-13-20-18-7-3-1-5-16(18)17-6-2-4-8-19(17)20/h1-8,14-15,20H,9-13H2,(H,26,33)(H,31,32)(H2,27,28,29,30,34)/t14-,15+/m1/s1. The maximum absolute atomic E-state index is 12.5. The Morgan fingerprint density at radius 3 is 2.40 bits per heavy atom. The van der Waals surface area contributed by atoms with Crippen LogP contribution in [0.25, 0.3) is 11.1 Å².